The van der Waals surface area contributed by atoms with Crippen molar-refractivity contribution in [1.29, 1.82) is 0 Å². The van der Waals surface area contributed by atoms with Gasteiger partial charge in [-0.05, 0) is 24.6 Å². The van der Waals surface area contributed by atoms with Gasteiger partial charge in [-0.15, -0.1) is 0 Å². The van der Waals surface area contributed by atoms with Crippen LogP contribution in [0.4, 0.5) is 0 Å². The predicted octanol–water partition coefficient (Wildman–Crippen LogP) is 0.697. The maximum Gasteiger partial charge on any atom is 0.337 e. The molecule has 1 atom stereocenters. The Labute approximate surface area is 107 Å². The summed E-state index contributed by atoms with van der Waals surface area (Å²) in [5, 5.41) is 5.65. The van der Waals surface area contributed by atoms with Crippen LogP contribution in [-0.2, 0) is 16.1 Å². The van der Waals surface area contributed by atoms with Crippen molar-refractivity contribution >= 4 is 11.9 Å². The van der Waals surface area contributed by atoms with E-state index in [-0.39, 0.29) is 17.9 Å². The maximum atomic E-state index is 11.3. The minimum atomic E-state index is -0.353. The molecule has 0 bridgehead atoms. The largest absolute Gasteiger partial charge is 0.465 e. The Kier molecular flexibility index (Phi) is 5.32. The SMILES string of the molecule is CNC(=O)C(C)NCc1ccc(C(=O)OC)cc1. The number of amides is 1. The molecule has 0 aliphatic carbocycles. The van der Waals surface area contributed by atoms with E-state index < -0.39 is 0 Å². The maximum absolute atomic E-state index is 11.3. The number of carbonyl (C=O) groups excluding carboxylic acids is 2. The van der Waals surface area contributed by atoms with Gasteiger partial charge in [0, 0.05) is 13.6 Å². The lowest BCUT2D eigenvalue weighted by Crippen LogP contribution is -2.40. The summed E-state index contributed by atoms with van der Waals surface area (Å²) >= 11 is 0. The van der Waals surface area contributed by atoms with E-state index in [0.29, 0.717) is 12.1 Å². The fourth-order valence-electron chi connectivity index (χ4n) is 1.46. The summed E-state index contributed by atoms with van der Waals surface area (Å²) in [5.74, 6) is -0.408. The molecule has 0 heterocycles. The van der Waals surface area contributed by atoms with Gasteiger partial charge in [0.05, 0.1) is 18.7 Å². The minimum Gasteiger partial charge on any atom is -0.465 e. The summed E-state index contributed by atoms with van der Waals surface area (Å²) in [5.41, 5.74) is 1.51. The molecule has 5 nitrogen and oxygen atoms in total. The van der Waals surface area contributed by atoms with Crippen LogP contribution < -0.4 is 10.6 Å². The molecule has 0 spiro atoms. The molecule has 1 amide bonds. The number of benzene rings is 1. The zero-order valence-corrected chi connectivity index (χ0v) is 10.8. The van der Waals surface area contributed by atoms with Gasteiger partial charge in [-0.1, -0.05) is 12.1 Å². The van der Waals surface area contributed by atoms with Crippen LogP contribution in [-0.4, -0.2) is 32.1 Å². The zero-order chi connectivity index (χ0) is 13.5. The van der Waals surface area contributed by atoms with E-state index in [1.54, 1.807) is 26.1 Å². The minimum absolute atomic E-state index is 0.0545. The summed E-state index contributed by atoms with van der Waals surface area (Å²) in [6.45, 7) is 2.36. The Morgan fingerprint density at radius 1 is 1.28 bits per heavy atom. The van der Waals surface area contributed by atoms with Crippen molar-refractivity contribution in [2.24, 2.45) is 0 Å². The molecule has 2 N–H and O–H groups in total. The Bertz CT molecular complexity index is 415. The van der Waals surface area contributed by atoms with Crippen LogP contribution in [0.2, 0.25) is 0 Å². The van der Waals surface area contributed by atoms with E-state index in [1.165, 1.54) is 7.11 Å². The second-order valence-electron chi connectivity index (χ2n) is 3.91. The van der Waals surface area contributed by atoms with Crippen LogP contribution in [0.5, 0.6) is 0 Å². The molecule has 1 aromatic rings. The first-order valence-electron chi connectivity index (χ1n) is 5.70. The summed E-state index contributed by atoms with van der Waals surface area (Å²) in [4.78, 5) is 22.5. The van der Waals surface area contributed by atoms with E-state index in [0.717, 1.165) is 5.56 Å². The van der Waals surface area contributed by atoms with Gasteiger partial charge in [0.25, 0.3) is 0 Å². The first-order valence-corrected chi connectivity index (χ1v) is 5.70. The molecular weight excluding hydrogens is 232 g/mol. The lowest BCUT2D eigenvalue weighted by molar-refractivity contribution is -0.122. The topological polar surface area (TPSA) is 67.4 Å². The number of esters is 1. The Morgan fingerprint density at radius 2 is 1.89 bits per heavy atom. The number of hydrogen-bond donors (Lipinski definition) is 2. The lowest BCUT2D eigenvalue weighted by atomic mass is 10.1. The summed E-state index contributed by atoms with van der Waals surface area (Å²) in [6.07, 6.45) is 0. The number of likely N-dealkylation sites (N-methyl/N-ethyl adjacent to an activating group) is 1. The number of hydrogen-bond acceptors (Lipinski definition) is 4. The Morgan fingerprint density at radius 3 is 2.39 bits per heavy atom. The van der Waals surface area contributed by atoms with Crippen LogP contribution in [0.3, 0.4) is 0 Å². The second-order valence-corrected chi connectivity index (χ2v) is 3.91. The van der Waals surface area contributed by atoms with Gasteiger partial charge in [0.15, 0.2) is 0 Å². The molecule has 1 aromatic carbocycles. The highest BCUT2D eigenvalue weighted by molar-refractivity contribution is 5.89. The fourth-order valence-corrected chi connectivity index (χ4v) is 1.46. The van der Waals surface area contributed by atoms with E-state index in [2.05, 4.69) is 15.4 Å². The smallest absolute Gasteiger partial charge is 0.337 e. The van der Waals surface area contributed by atoms with Gasteiger partial charge in [-0.25, -0.2) is 4.79 Å². The van der Waals surface area contributed by atoms with E-state index in [1.807, 2.05) is 12.1 Å². The number of rotatable bonds is 5. The van der Waals surface area contributed by atoms with Crippen molar-refractivity contribution in [3.05, 3.63) is 35.4 Å². The fraction of sp³-hybridized carbons (Fsp3) is 0.385. The van der Waals surface area contributed by atoms with Crippen molar-refractivity contribution < 1.29 is 14.3 Å². The molecule has 1 rings (SSSR count). The normalized spacial score (nSPS) is 11.7. The number of methoxy groups -OCH3 is 1. The Balaban J connectivity index is 2.54. The third-order valence-corrected chi connectivity index (χ3v) is 2.63. The van der Waals surface area contributed by atoms with E-state index in [4.69, 9.17) is 0 Å². The number of carbonyl (C=O) groups is 2. The summed E-state index contributed by atoms with van der Waals surface area (Å²) in [7, 11) is 2.95. The first-order chi connectivity index (χ1) is 8.58. The van der Waals surface area contributed by atoms with Crippen LogP contribution in [0.25, 0.3) is 0 Å². The number of nitrogens with one attached hydrogen (secondary N) is 2. The average Bonchev–Trinajstić information content (AvgIpc) is 2.43. The molecule has 5 heteroatoms. The third-order valence-electron chi connectivity index (χ3n) is 2.63. The van der Waals surface area contributed by atoms with Crippen LogP contribution in [0.1, 0.15) is 22.8 Å². The van der Waals surface area contributed by atoms with Gasteiger partial charge in [-0.2, -0.15) is 0 Å². The molecule has 0 saturated carbocycles. The second kappa shape index (κ2) is 6.76. The average molecular weight is 250 g/mol. The van der Waals surface area contributed by atoms with Gasteiger partial charge < -0.3 is 15.4 Å². The van der Waals surface area contributed by atoms with Crippen LogP contribution in [0.15, 0.2) is 24.3 Å². The van der Waals surface area contributed by atoms with Crippen molar-refractivity contribution in [2.75, 3.05) is 14.2 Å². The first kappa shape index (κ1) is 14.2. The summed E-state index contributed by atoms with van der Waals surface area (Å²) in [6, 6.07) is 6.81. The highest BCUT2D eigenvalue weighted by Crippen LogP contribution is 2.05. The molecule has 1 unspecified atom stereocenters. The van der Waals surface area contributed by atoms with Crippen LogP contribution >= 0.6 is 0 Å². The zero-order valence-electron chi connectivity index (χ0n) is 10.8. The van der Waals surface area contributed by atoms with Gasteiger partial charge in [0.1, 0.15) is 0 Å². The van der Waals surface area contributed by atoms with Gasteiger partial charge in [-0.3, -0.25) is 4.79 Å². The highest BCUT2D eigenvalue weighted by Gasteiger charge is 2.10. The van der Waals surface area contributed by atoms with Crippen molar-refractivity contribution in [3.63, 3.8) is 0 Å². The third kappa shape index (κ3) is 3.85. The predicted molar refractivity (Wildman–Crippen MR) is 68.1 cm³/mol. The molecule has 0 saturated heterocycles. The van der Waals surface area contributed by atoms with Gasteiger partial charge in [0.2, 0.25) is 5.91 Å². The van der Waals surface area contributed by atoms with Crippen molar-refractivity contribution in [3.8, 4) is 0 Å². The van der Waals surface area contributed by atoms with Crippen molar-refractivity contribution in [2.45, 2.75) is 19.5 Å². The molecule has 0 aromatic heterocycles. The highest BCUT2D eigenvalue weighted by atomic mass is 16.5. The molecule has 0 fully saturated rings. The molecule has 0 aliphatic heterocycles. The van der Waals surface area contributed by atoms with E-state index >= 15 is 0 Å². The number of ether oxygens (including phenoxy) is 1. The molecular formula is C13H18N2O3. The van der Waals surface area contributed by atoms with Crippen molar-refractivity contribution in [1.82, 2.24) is 10.6 Å². The van der Waals surface area contributed by atoms with E-state index in [9.17, 15) is 9.59 Å². The monoisotopic (exact) mass is 250 g/mol. The molecule has 0 aliphatic rings. The lowest BCUT2D eigenvalue weighted by Gasteiger charge is -2.12. The van der Waals surface area contributed by atoms with Crippen LogP contribution in [0, 0.1) is 0 Å². The quantitative estimate of drug-likeness (QED) is 0.755. The molecule has 98 valence electrons. The standard InChI is InChI=1S/C13H18N2O3/c1-9(12(16)14-2)15-8-10-4-6-11(7-5-10)13(17)18-3/h4-7,9,15H,8H2,1-3H3,(H,14,16). The van der Waals surface area contributed by atoms with Gasteiger partial charge >= 0.3 is 5.97 Å². The molecule has 18 heavy (non-hydrogen) atoms. The molecule has 0 radical (unpaired) electrons. The summed E-state index contributed by atoms with van der Waals surface area (Å²) < 4.78 is 4.61. The Hall–Kier alpha value is -1.88.